The van der Waals surface area contributed by atoms with E-state index in [2.05, 4.69) is 95.3 Å². The van der Waals surface area contributed by atoms with Gasteiger partial charge in [0.25, 0.3) is 0 Å². The quantitative estimate of drug-likeness (QED) is 0.120. The summed E-state index contributed by atoms with van der Waals surface area (Å²) in [4.78, 5) is 3.55. The molecule has 5 heteroatoms. The molecule has 0 saturated carbocycles. The fraction of sp³-hybridized carbons (Fsp3) is 0.486. The molecular formula is C37H53NOS3. The summed E-state index contributed by atoms with van der Waals surface area (Å²) in [6.07, 6.45) is 19.6. The van der Waals surface area contributed by atoms with Gasteiger partial charge in [0.15, 0.2) is 5.05 Å². The third-order valence-corrected chi connectivity index (χ3v) is 10.1. The summed E-state index contributed by atoms with van der Waals surface area (Å²) in [5.41, 5.74) is 9.55. The molecular weight excluding hydrogens is 571 g/mol. The van der Waals surface area contributed by atoms with E-state index in [0.717, 1.165) is 12.1 Å². The highest BCUT2D eigenvalue weighted by molar-refractivity contribution is 8.04. The van der Waals surface area contributed by atoms with Gasteiger partial charge in [0.2, 0.25) is 0 Å². The summed E-state index contributed by atoms with van der Waals surface area (Å²) in [5, 5.41) is 1.31. The van der Waals surface area contributed by atoms with Crippen molar-refractivity contribution >= 4 is 41.7 Å². The zero-order valence-corrected chi connectivity index (χ0v) is 29.4. The molecule has 4 rings (SSSR count). The van der Waals surface area contributed by atoms with Crippen LogP contribution < -0.4 is 0 Å². The number of thioether (sulfide) groups is 1. The minimum absolute atomic E-state index is 0.248. The van der Waals surface area contributed by atoms with Gasteiger partial charge < -0.3 is 9.64 Å². The molecule has 3 unspecified atom stereocenters. The second-order valence-electron chi connectivity index (χ2n) is 11.3. The van der Waals surface area contributed by atoms with E-state index >= 15 is 0 Å². The molecule has 0 spiro atoms. The fourth-order valence-corrected chi connectivity index (χ4v) is 7.79. The van der Waals surface area contributed by atoms with Crippen LogP contribution in [0, 0.1) is 6.92 Å². The van der Waals surface area contributed by atoms with Gasteiger partial charge in [-0.15, -0.1) is 13.2 Å². The van der Waals surface area contributed by atoms with E-state index in [1.807, 2.05) is 25.6 Å². The molecule has 1 saturated heterocycles. The maximum absolute atomic E-state index is 6.05. The number of hydrogen-bond acceptors (Lipinski definition) is 5. The van der Waals surface area contributed by atoms with E-state index in [0.29, 0.717) is 29.4 Å². The van der Waals surface area contributed by atoms with Gasteiger partial charge in [-0.1, -0.05) is 74.0 Å². The molecule has 2 nitrogen and oxygen atoms in total. The van der Waals surface area contributed by atoms with Crippen molar-refractivity contribution < 1.29 is 4.74 Å². The summed E-state index contributed by atoms with van der Waals surface area (Å²) in [7, 11) is 0. The van der Waals surface area contributed by atoms with E-state index in [9.17, 15) is 0 Å². The lowest BCUT2D eigenvalue weighted by molar-refractivity contribution is 0.312. The van der Waals surface area contributed by atoms with Crippen molar-refractivity contribution in [1.29, 1.82) is 0 Å². The molecule has 0 bridgehead atoms. The number of thiocarbonyl (C=S) groups is 1. The smallest absolute Gasteiger partial charge is 0.164 e. The zero-order valence-electron chi connectivity index (χ0n) is 26.9. The monoisotopic (exact) mass is 623 g/mol. The van der Waals surface area contributed by atoms with E-state index < -0.39 is 0 Å². The number of fused-ring (bicyclic) bond motifs is 1. The molecule has 230 valence electrons. The number of rotatable bonds is 10. The fourth-order valence-electron chi connectivity index (χ4n) is 5.74. The van der Waals surface area contributed by atoms with Gasteiger partial charge in [-0.05, 0) is 113 Å². The Hall–Kier alpha value is -1.95. The van der Waals surface area contributed by atoms with Gasteiger partial charge in [0, 0.05) is 28.6 Å². The number of thiol groups is 1. The summed E-state index contributed by atoms with van der Waals surface area (Å²) in [5.74, 6) is 0.492. The SMILES string of the molecule is C=C1C(S)C2SC(/C=C/COC(=S)Cc3cc(CCCCC)cc(C)c3C3C=C(C)CCC3)=C(C)N12.C=CC.C=CC. The lowest BCUT2D eigenvalue weighted by Gasteiger charge is -2.44. The van der Waals surface area contributed by atoms with Crippen molar-refractivity contribution in [2.24, 2.45) is 0 Å². The predicted octanol–water partition coefficient (Wildman–Crippen LogP) is 11.2. The minimum Gasteiger partial charge on any atom is -0.483 e. The average Bonchev–Trinajstić information content (AvgIpc) is 3.24. The molecule has 1 aromatic carbocycles. The van der Waals surface area contributed by atoms with Crippen LogP contribution in [0.15, 0.2) is 84.1 Å². The number of benzene rings is 1. The van der Waals surface area contributed by atoms with Crippen LogP contribution in [0.3, 0.4) is 0 Å². The molecule has 2 heterocycles. The number of allylic oxidation sites excluding steroid dienone is 6. The third kappa shape index (κ3) is 10.1. The molecule has 0 N–H and O–H groups in total. The van der Waals surface area contributed by atoms with Crippen LogP contribution >= 0.6 is 36.6 Å². The van der Waals surface area contributed by atoms with Gasteiger partial charge in [0.05, 0.1) is 5.25 Å². The lowest BCUT2D eigenvalue weighted by atomic mass is 9.80. The minimum atomic E-state index is 0.248. The van der Waals surface area contributed by atoms with Crippen LogP contribution in [-0.4, -0.2) is 27.2 Å². The van der Waals surface area contributed by atoms with Crippen molar-refractivity contribution in [2.75, 3.05) is 6.61 Å². The van der Waals surface area contributed by atoms with Crippen LogP contribution in [0.1, 0.15) is 101 Å². The Bertz CT molecular complexity index is 1190. The Morgan fingerprint density at radius 1 is 1.17 bits per heavy atom. The number of nitrogens with zero attached hydrogens (tertiary/aromatic N) is 1. The van der Waals surface area contributed by atoms with Gasteiger partial charge in [-0.3, -0.25) is 0 Å². The highest BCUT2D eigenvalue weighted by atomic mass is 32.2. The summed E-state index contributed by atoms with van der Waals surface area (Å²) in [6, 6.07) is 4.83. The van der Waals surface area contributed by atoms with Gasteiger partial charge in [-0.25, -0.2) is 0 Å². The molecule has 3 atom stereocenters. The summed E-state index contributed by atoms with van der Waals surface area (Å²) < 4.78 is 6.05. The summed E-state index contributed by atoms with van der Waals surface area (Å²) in [6.45, 7) is 24.1. The Morgan fingerprint density at radius 3 is 2.48 bits per heavy atom. The molecule has 1 aromatic rings. The molecule has 3 aliphatic rings. The first-order valence-electron chi connectivity index (χ1n) is 15.4. The Labute approximate surface area is 272 Å². The normalized spacial score (nSPS) is 20.9. The van der Waals surface area contributed by atoms with Crippen molar-refractivity contribution in [2.45, 2.75) is 109 Å². The van der Waals surface area contributed by atoms with Gasteiger partial charge in [0.1, 0.15) is 12.0 Å². The van der Waals surface area contributed by atoms with Crippen LogP contribution in [0.4, 0.5) is 0 Å². The molecule has 0 amide bonds. The van der Waals surface area contributed by atoms with Crippen molar-refractivity contribution in [3.63, 3.8) is 0 Å². The second-order valence-corrected chi connectivity index (χ2v) is 13.5. The molecule has 2 aliphatic heterocycles. The maximum Gasteiger partial charge on any atom is 0.164 e. The van der Waals surface area contributed by atoms with E-state index in [1.54, 1.807) is 12.2 Å². The van der Waals surface area contributed by atoms with E-state index in [-0.39, 0.29) is 5.25 Å². The summed E-state index contributed by atoms with van der Waals surface area (Å²) >= 11 is 12.3. The highest BCUT2D eigenvalue weighted by Gasteiger charge is 2.46. The Kier molecular flexibility index (Phi) is 16.1. The molecule has 42 heavy (non-hydrogen) atoms. The topological polar surface area (TPSA) is 12.5 Å². The average molecular weight is 624 g/mol. The van der Waals surface area contributed by atoms with Crippen molar-refractivity contribution in [3.05, 3.63) is 106 Å². The molecule has 0 radical (unpaired) electrons. The third-order valence-electron chi connectivity index (χ3n) is 7.63. The van der Waals surface area contributed by atoms with Crippen LogP contribution in [0.2, 0.25) is 0 Å². The number of unbranched alkanes of at least 4 members (excludes halogenated alkanes) is 2. The van der Waals surface area contributed by atoms with Crippen LogP contribution in [0.5, 0.6) is 0 Å². The van der Waals surface area contributed by atoms with Crippen LogP contribution in [0.25, 0.3) is 0 Å². The van der Waals surface area contributed by atoms with E-state index in [4.69, 9.17) is 17.0 Å². The second kappa shape index (κ2) is 18.7. The first kappa shape index (κ1) is 36.2. The molecule has 0 aromatic heterocycles. The first-order valence-corrected chi connectivity index (χ1v) is 17.2. The predicted molar refractivity (Wildman–Crippen MR) is 196 cm³/mol. The first-order chi connectivity index (χ1) is 20.1. The Balaban J connectivity index is 0.000000946. The number of hydrogen-bond donors (Lipinski definition) is 1. The number of aryl methyl sites for hydroxylation is 2. The largest absolute Gasteiger partial charge is 0.483 e. The Morgan fingerprint density at radius 2 is 1.86 bits per heavy atom. The standard InChI is InChI=1S/C31H41NOS3.2C3H6/c1-6-7-8-12-24-17-21(3)29(25-13-9-11-20(2)16-25)26(18-24)19-28(34)33-15-10-14-27-22(4)32-23(5)30(35)31(32)36-27;2*1-3-2/h10,14,16-18,25,30-31,35H,5-9,11-13,15,19H2,1-4H3;2*3H,1H2,2H3/b14-10+;;. The highest BCUT2D eigenvalue weighted by Crippen LogP contribution is 2.52. The van der Waals surface area contributed by atoms with Crippen LogP contribution in [-0.2, 0) is 17.6 Å². The van der Waals surface area contributed by atoms with Gasteiger partial charge >= 0.3 is 0 Å². The molecule has 1 fully saturated rings. The van der Waals surface area contributed by atoms with Gasteiger partial charge in [-0.2, -0.15) is 12.6 Å². The number of ether oxygens (including phenoxy) is 1. The van der Waals surface area contributed by atoms with Crippen molar-refractivity contribution in [1.82, 2.24) is 4.90 Å². The lowest BCUT2D eigenvalue weighted by Crippen LogP contribution is -2.48. The van der Waals surface area contributed by atoms with Crippen molar-refractivity contribution in [3.8, 4) is 0 Å². The maximum atomic E-state index is 6.05. The zero-order chi connectivity index (χ0) is 31.2. The molecule has 1 aliphatic carbocycles. The van der Waals surface area contributed by atoms with E-state index in [1.165, 1.54) is 77.0 Å².